The van der Waals surface area contributed by atoms with Crippen molar-refractivity contribution in [1.82, 2.24) is 19.9 Å². The van der Waals surface area contributed by atoms with Crippen LogP contribution in [0.25, 0.3) is 11.0 Å². The molecule has 1 aliphatic carbocycles. The predicted octanol–water partition coefficient (Wildman–Crippen LogP) is 2.26. The monoisotopic (exact) mass is 242 g/mol. The van der Waals surface area contributed by atoms with E-state index in [4.69, 9.17) is 0 Å². The first-order chi connectivity index (χ1) is 8.78. The van der Waals surface area contributed by atoms with Crippen molar-refractivity contribution in [3.63, 3.8) is 0 Å². The van der Waals surface area contributed by atoms with E-state index in [1.54, 1.807) is 6.33 Å². The van der Waals surface area contributed by atoms with E-state index in [0.29, 0.717) is 5.54 Å². The maximum Gasteiger partial charge on any atom is 0.116 e. The molecular weight excluding hydrogens is 224 g/mol. The number of nitrogens with zero attached hydrogens (tertiary/aromatic N) is 3. The lowest BCUT2D eigenvalue weighted by Gasteiger charge is -2.42. The van der Waals surface area contributed by atoms with Gasteiger partial charge in [0.2, 0.25) is 0 Å². The van der Waals surface area contributed by atoms with Gasteiger partial charge < -0.3 is 4.98 Å². The number of hydrogen-bond donors (Lipinski definition) is 1. The Morgan fingerprint density at radius 3 is 3.00 bits per heavy atom. The van der Waals surface area contributed by atoms with E-state index in [2.05, 4.69) is 26.9 Å². The average Bonchev–Trinajstić information content (AvgIpc) is 2.97. The summed E-state index contributed by atoms with van der Waals surface area (Å²) in [6.45, 7) is 1.02. The van der Waals surface area contributed by atoms with E-state index in [9.17, 15) is 0 Å². The van der Waals surface area contributed by atoms with Crippen molar-refractivity contribution >= 4 is 11.0 Å². The molecule has 0 saturated heterocycles. The zero-order chi connectivity index (χ0) is 12.2. The van der Waals surface area contributed by atoms with Gasteiger partial charge in [-0.15, -0.1) is 0 Å². The third-order valence-corrected chi connectivity index (χ3v) is 4.89. The van der Waals surface area contributed by atoms with Crippen LogP contribution in [0.4, 0.5) is 0 Å². The van der Waals surface area contributed by atoms with Crippen LogP contribution in [0, 0.1) is 0 Å². The molecule has 18 heavy (non-hydrogen) atoms. The van der Waals surface area contributed by atoms with Gasteiger partial charge in [0.25, 0.3) is 0 Å². The Kier molecular flexibility index (Phi) is 2.07. The van der Waals surface area contributed by atoms with Crippen molar-refractivity contribution in [2.75, 3.05) is 7.05 Å². The number of hydrogen-bond acceptors (Lipinski definition) is 3. The van der Waals surface area contributed by atoms with Crippen molar-refractivity contribution in [3.05, 3.63) is 23.8 Å². The summed E-state index contributed by atoms with van der Waals surface area (Å²) in [5.74, 6) is 0. The van der Waals surface area contributed by atoms with Crippen LogP contribution in [0.3, 0.4) is 0 Å². The molecule has 0 unspecified atom stereocenters. The third-order valence-electron chi connectivity index (χ3n) is 4.89. The van der Waals surface area contributed by atoms with Crippen LogP contribution >= 0.6 is 0 Å². The second kappa shape index (κ2) is 3.54. The molecule has 0 aromatic carbocycles. The van der Waals surface area contributed by atoms with Crippen LogP contribution in [0.2, 0.25) is 0 Å². The van der Waals surface area contributed by atoms with E-state index < -0.39 is 0 Å². The Morgan fingerprint density at radius 2 is 2.17 bits per heavy atom. The van der Waals surface area contributed by atoms with Crippen molar-refractivity contribution in [3.8, 4) is 0 Å². The zero-order valence-corrected chi connectivity index (χ0v) is 10.7. The molecule has 4 rings (SSSR count). The molecule has 4 nitrogen and oxygen atoms in total. The molecule has 0 atom stereocenters. The number of aromatic amines is 1. The van der Waals surface area contributed by atoms with E-state index >= 15 is 0 Å². The molecule has 1 spiro atoms. The first kappa shape index (κ1) is 10.5. The number of H-pyrrole nitrogens is 1. The van der Waals surface area contributed by atoms with E-state index in [0.717, 1.165) is 24.0 Å². The number of nitrogens with one attached hydrogen (secondary N) is 1. The molecule has 0 radical (unpaired) electrons. The van der Waals surface area contributed by atoms with E-state index in [1.165, 1.54) is 36.9 Å². The fraction of sp³-hybridized carbons (Fsp3) is 0.571. The lowest BCUT2D eigenvalue weighted by Crippen LogP contribution is -2.48. The topological polar surface area (TPSA) is 44.8 Å². The third kappa shape index (κ3) is 1.29. The van der Waals surface area contributed by atoms with E-state index in [-0.39, 0.29) is 0 Å². The molecule has 94 valence electrons. The molecule has 3 heterocycles. The first-order valence-corrected chi connectivity index (χ1v) is 6.79. The Morgan fingerprint density at radius 1 is 1.33 bits per heavy atom. The summed E-state index contributed by atoms with van der Waals surface area (Å²) in [5.41, 5.74) is 5.40. The summed E-state index contributed by atoms with van der Waals surface area (Å²) in [6.07, 6.45) is 10.1. The molecular formula is C14H18N4. The highest BCUT2D eigenvalue weighted by Crippen LogP contribution is 2.43. The smallest absolute Gasteiger partial charge is 0.116 e. The second-order valence-corrected chi connectivity index (χ2v) is 5.83. The molecule has 4 heteroatoms. The summed E-state index contributed by atoms with van der Waals surface area (Å²) in [5, 5.41) is 0. The van der Waals surface area contributed by atoms with Gasteiger partial charge in [-0.2, -0.15) is 0 Å². The van der Waals surface area contributed by atoms with Gasteiger partial charge in [0.15, 0.2) is 0 Å². The predicted molar refractivity (Wildman–Crippen MR) is 70.3 cm³/mol. The Balaban J connectivity index is 1.87. The van der Waals surface area contributed by atoms with Crippen LogP contribution in [0.5, 0.6) is 0 Å². The van der Waals surface area contributed by atoms with Crippen LogP contribution < -0.4 is 0 Å². The fourth-order valence-electron chi connectivity index (χ4n) is 3.83. The molecule has 2 aromatic rings. The fourth-order valence-corrected chi connectivity index (χ4v) is 3.83. The van der Waals surface area contributed by atoms with Gasteiger partial charge in [0.05, 0.1) is 17.2 Å². The maximum absolute atomic E-state index is 4.47. The van der Waals surface area contributed by atoms with Crippen LogP contribution in [-0.2, 0) is 13.0 Å². The molecule has 1 saturated carbocycles. The van der Waals surface area contributed by atoms with Crippen LogP contribution in [0.15, 0.2) is 12.5 Å². The summed E-state index contributed by atoms with van der Waals surface area (Å²) in [4.78, 5) is 14.6. The summed E-state index contributed by atoms with van der Waals surface area (Å²) in [7, 11) is 2.27. The number of aromatic nitrogens is 3. The highest BCUT2D eigenvalue weighted by Gasteiger charge is 2.42. The largest absolute Gasteiger partial charge is 0.355 e. The molecule has 2 aromatic heterocycles. The minimum atomic E-state index is 0.396. The Hall–Kier alpha value is -1.42. The van der Waals surface area contributed by atoms with Crippen molar-refractivity contribution < 1.29 is 0 Å². The Bertz CT molecular complexity index is 595. The van der Waals surface area contributed by atoms with Gasteiger partial charge in [0, 0.05) is 23.3 Å². The summed E-state index contributed by atoms with van der Waals surface area (Å²) < 4.78 is 0. The van der Waals surface area contributed by atoms with Crippen LogP contribution in [0.1, 0.15) is 36.9 Å². The van der Waals surface area contributed by atoms with Crippen molar-refractivity contribution in [2.45, 2.75) is 44.2 Å². The Labute approximate surface area is 106 Å². The normalized spacial score (nSPS) is 22.7. The van der Waals surface area contributed by atoms with Gasteiger partial charge in [0.1, 0.15) is 6.33 Å². The molecule has 0 bridgehead atoms. The molecule has 0 amide bonds. The SMILES string of the molecule is CN1Cc2[nH]c3cncnc3c2CC12CCCC2. The maximum atomic E-state index is 4.47. The lowest BCUT2D eigenvalue weighted by atomic mass is 9.84. The highest BCUT2D eigenvalue weighted by atomic mass is 15.2. The number of rotatable bonds is 0. The zero-order valence-electron chi connectivity index (χ0n) is 10.7. The van der Waals surface area contributed by atoms with Gasteiger partial charge in [-0.3, -0.25) is 4.90 Å². The van der Waals surface area contributed by atoms with Gasteiger partial charge in [-0.05, 0) is 26.3 Å². The second-order valence-electron chi connectivity index (χ2n) is 5.83. The van der Waals surface area contributed by atoms with Gasteiger partial charge >= 0.3 is 0 Å². The van der Waals surface area contributed by atoms with Gasteiger partial charge in [-0.25, -0.2) is 9.97 Å². The first-order valence-electron chi connectivity index (χ1n) is 6.79. The molecule has 2 aliphatic rings. The number of fused-ring (bicyclic) bond motifs is 3. The highest BCUT2D eigenvalue weighted by molar-refractivity contribution is 5.80. The van der Waals surface area contributed by atoms with Crippen molar-refractivity contribution in [2.24, 2.45) is 0 Å². The standard InChI is InChI=1S/C14H18N4/c1-18-8-12-10(6-14(18)4-2-3-5-14)13-11(17-12)7-15-9-16-13/h7,9,17H,2-6,8H2,1H3. The molecule has 1 fully saturated rings. The minimum absolute atomic E-state index is 0.396. The minimum Gasteiger partial charge on any atom is -0.355 e. The molecule has 1 N–H and O–H groups in total. The quantitative estimate of drug-likeness (QED) is 0.770. The molecule has 1 aliphatic heterocycles. The average molecular weight is 242 g/mol. The van der Waals surface area contributed by atoms with Crippen LogP contribution in [-0.4, -0.2) is 32.4 Å². The lowest BCUT2D eigenvalue weighted by molar-refractivity contribution is 0.101. The van der Waals surface area contributed by atoms with E-state index in [1.807, 2.05) is 6.20 Å². The summed E-state index contributed by atoms with van der Waals surface area (Å²) >= 11 is 0. The summed E-state index contributed by atoms with van der Waals surface area (Å²) in [6, 6.07) is 0. The van der Waals surface area contributed by atoms with Gasteiger partial charge in [-0.1, -0.05) is 12.8 Å². The number of likely N-dealkylation sites (N-methyl/N-ethyl adjacent to an activating group) is 1. The van der Waals surface area contributed by atoms with Crippen molar-refractivity contribution in [1.29, 1.82) is 0 Å².